The molecule has 0 spiro atoms. The highest BCUT2D eigenvalue weighted by Crippen LogP contribution is 2.28. The van der Waals surface area contributed by atoms with Crippen LogP contribution < -0.4 is 0 Å². The van der Waals surface area contributed by atoms with E-state index in [4.69, 9.17) is 0 Å². The summed E-state index contributed by atoms with van der Waals surface area (Å²) in [6.45, 7) is 15.3. The van der Waals surface area contributed by atoms with Gasteiger partial charge in [0.05, 0.1) is 0 Å². The minimum atomic E-state index is 0.300. The lowest BCUT2D eigenvalue weighted by Gasteiger charge is -2.22. The molecule has 0 aliphatic carbocycles. The van der Waals surface area contributed by atoms with Gasteiger partial charge in [-0.1, -0.05) is 46.8 Å². The van der Waals surface area contributed by atoms with Gasteiger partial charge in [0.2, 0.25) is 0 Å². The van der Waals surface area contributed by atoms with Gasteiger partial charge < -0.3 is 0 Å². The van der Waals surface area contributed by atoms with Crippen LogP contribution in [-0.2, 0) is 0 Å². The van der Waals surface area contributed by atoms with E-state index < -0.39 is 0 Å². The second kappa shape index (κ2) is 3.94. The molecule has 0 aliphatic rings. The fourth-order valence-electron chi connectivity index (χ4n) is 0.838. The van der Waals surface area contributed by atoms with Gasteiger partial charge in [-0.3, -0.25) is 0 Å². The van der Waals surface area contributed by atoms with E-state index in [1.54, 1.807) is 0 Å². The van der Waals surface area contributed by atoms with Crippen molar-refractivity contribution in [2.24, 2.45) is 11.3 Å². The van der Waals surface area contributed by atoms with E-state index in [0.717, 1.165) is 5.92 Å². The van der Waals surface area contributed by atoms with Gasteiger partial charge >= 0.3 is 0 Å². The maximum atomic E-state index is 4.10. The van der Waals surface area contributed by atoms with E-state index in [0.29, 0.717) is 5.41 Å². The molecule has 0 aromatic heterocycles. The zero-order valence-corrected chi connectivity index (χ0v) is 8.70. The minimum Gasteiger partial charge on any atom is -0.0993 e. The van der Waals surface area contributed by atoms with Gasteiger partial charge in [-0.2, -0.15) is 0 Å². The van der Waals surface area contributed by atoms with Gasteiger partial charge in [-0.05, 0) is 24.2 Å². The van der Waals surface area contributed by atoms with Crippen molar-refractivity contribution in [1.29, 1.82) is 0 Å². The lowest BCUT2D eigenvalue weighted by Crippen LogP contribution is -2.08. The molecule has 0 amide bonds. The van der Waals surface area contributed by atoms with Gasteiger partial charge in [0.1, 0.15) is 0 Å². The summed E-state index contributed by atoms with van der Waals surface area (Å²) in [5, 5.41) is 0. The number of allylic oxidation sites excluding steroid dienone is 1. The summed E-state index contributed by atoms with van der Waals surface area (Å²) in [4.78, 5) is 0. The van der Waals surface area contributed by atoms with Crippen LogP contribution in [-0.4, -0.2) is 0 Å². The normalized spacial score (nSPS) is 12.2. The third-order valence-electron chi connectivity index (χ3n) is 2.08. The SMILES string of the molecule is C=C(CCC(C)C)C(C)(C)C. The number of hydrogen-bond acceptors (Lipinski definition) is 0. The van der Waals surface area contributed by atoms with Crippen molar-refractivity contribution in [3.63, 3.8) is 0 Å². The third-order valence-corrected chi connectivity index (χ3v) is 2.08. The molecule has 0 radical (unpaired) electrons. The fourth-order valence-corrected chi connectivity index (χ4v) is 0.838. The fraction of sp³-hybridized carbons (Fsp3) is 0.818. The highest BCUT2D eigenvalue weighted by Gasteiger charge is 2.14. The van der Waals surface area contributed by atoms with Crippen molar-refractivity contribution < 1.29 is 0 Å². The Balaban J connectivity index is 3.71. The highest BCUT2D eigenvalue weighted by atomic mass is 14.2. The molecule has 0 unspecified atom stereocenters. The number of rotatable bonds is 3. The second-order valence-electron chi connectivity index (χ2n) is 4.79. The molecular weight excluding hydrogens is 132 g/mol. The topological polar surface area (TPSA) is 0 Å². The van der Waals surface area contributed by atoms with E-state index in [-0.39, 0.29) is 0 Å². The molecule has 0 saturated heterocycles. The van der Waals surface area contributed by atoms with Gasteiger partial charge in [0.25, 0.3) is 0 Å². The molecule has 0 atom stereocenters. The van der Waals surface area contributed by atoms with Crippen LogP contribution in [0.15, 0.2) is 12.2 Å². The summed E-state index contributed by atoms with van der Waals surface area (Å²) < 4.78 is 0. The lowest BCUT2D eigenvalue weighted by molar-refractivity contribution is 0.460. The Hall–Kier alpha value is -0.260. The van der Waals surface area contributed by atoms with E-state index in [2.05, 4.69) is 41.2 Å². The Morgan fingerprint density at radius 3 is 2.00 bits per heavy atom. The van der Waals surface area contributed by atoms with Crippen LogP contribution in [0.4, 0.5) is 0 Å². The summed E-state index contributed by atoms with van der Waals surface area (Å²) in [5.74, 6) is 0.800. The van der Waals surface area contributed by atoms with Crippen LogP contribution >= 0.6 is 0 Å². The zero-order valence-electron chi connectivity index (χ0n) is 8.70. The Morgan fingerprint density at radius 2 is 1.73 bits per heavy atom. The summed E-state index contributed by atoms with van der Waals surface area (Å²) >= 11 is 0. The van der Waals surface area contributed by atoms with Crippen molar-refractivity contribution in [3.8, 4) is 0 Å². The van der Waals surface area contributed by atoms with Crippen molar-refractivity contribution >= 4 is 0 Å². The zero-order chi connectivity index (χ0) is 9.07. The third kappa shape index (κ3) is 5.06. The van der Waals surface area contributed by atoms with Crippen molar-refractivity contribution in [3.05, 3.63) is 12.2 Å². The molecule has 0 heteroatoms. The average Bonchev–Trinajstić information content (AvgIpc) is 1.80. The molecule has 0 nitrogen and oxygen atoms in total. The van der Waals surface area contributed by atoms with Crippen LogP contribution in [0.2, 0.25) is 0 Å². The maximum Gasteiger partial charge on any atom is -0.0176 e. The first kappa shape index (κ1) is 10.7. The second-order valence-corrected chi connectivity index (χ2v) is 4.79. The van der Waals surface area contributed by atoms with Crippen molar-refractivity contribution in [1.82, 2.24) is 0 Å². The van der Waals surface area contributed by atoms with Crippen molar-refractivity contribution in [2.45, 2.75) is 47.5 Å². The molecule has 0 N–H and O–H groups in total. The summed E-state index contributed by atoms with van der Waals surface area (Å²) in [5.41, 5.74) is 1.68. The molecule has 66 valence electrons. The first-order chi connectivity index (χ1) is 4.84. The molecule has 0 bridgehead atoms. The molecule has 11 heavy (non-hydrogen) atoms. The molecule has 0 saturated carbocycles. The molecule has 0 rings (SSSR count). The predicted octanol–water partition coefficient (Wildman–Crippen LogP) is 4.02. The first-order valence-electron chi connectivity index (χ1n) is 4.52. The number of hydrogen-bond donors (Lipinski definition) is 0. The maximum absolute atomic E-state index is 4.10. The molecular formula is C11H22. The van der Waals surface area contributed by atoms with Crippen molar-refractivity contribution in [2.75, 3.05) is 0 Å². The van der Waals surface area contributed by atoms with E-state index in [1.165, 1.54) is 18.4 Å². The van der Waals surface area contributed by atoms with Crippen LogP contribution in [0, 0.1) is 11.3 Å². The standard InChI is InChI=1S/C11H22/c1-9(2)7-8-10(3)11(4,5)6/h9H,3,7-8H2,1-2,4-6H3. The summed E-state index contributed by atoms with van der Waals surface area (Å²) in [6, 6.07) is 0. The summed E-state index contributed by atoms with van der Waals surface area (Å²) in [6.07, 6.45) is 2.46. The summed E-state index contributed by atoms with van der Waals surface area (Å²) in [7, 11) is 0. The van der Waals surface area contributed by atoms with Gasteiger partial charge in [0.15, 0.2) is 0 Å². The van der Waals surface area contributed by atoms with Gasteiger partial charge in [0, 0.05) is 0 Å². The molecule has 0 aliphatic heterocycles. The van der Waals surface area contributed by atoms with Gasteiger partial charge in [-0.25, -0.2) is 0 Å². The Labute approximate surface area is 71.7 Å². The Kier molecular flexibility index (Phi) is 3.85. The monoisotopic (exact) mass is 154 g/mol. The quantitative estimate of drug-likeness (QED) is 0.538. The molecule has 0 heterocycles. The Bertz CT molecular complexity index is 123. The van der Waals surface area contributed by atoms with E-state index >= 15 is 0 Å². The Morgan fingerprint density at radius 1 is 1.27 bits per heavy atom. The van der Waals surface area contributed by atoms with Crippen LogP contribution in [0.3, 0.4) is 0 Å². The molecule has 0 fully saturated rings. The molecule has 0 aromatic rings. The first-order valence-corrected chi connectivity index (χ1v) is 4.52. The minimum absolute atomic E-state index is 0.300. The van der Waals surface area contributed by atoms with Crippen LogP contribution in [0.1, 0.15) is 47.5 Å². The van der Waals surface area contributed by atoms with E-state index in [1.807, 2.05) is 0 Å². The van der Waals surface area contributed by atoms with Crippen LogP contribution in [0.5, 0.6) is 0 Å². The highest BCUT2D eigenvalue weighted by molar-refractivity contribution is 5.04. The smallest absolute Gasteiger partial charge is 0.0176 e. The predicted molar refractivity (Wildman–Crippen MR) is 52.7 cm³/mol. The van der Waals surface area contributed by atoms with Crippen LogP contribution in [0.25, 0.3) is 0 Å². The molecule has 0 aromatic carbocycles. The average molecular weight is 154 g/mol. The van der Waals surface area contributed by atoms with Gasteiger partial charge in [-0.15, -0.1) is 0 Å². The lowest BCUT2D eigenvalue weighted by atomic mass is 9.84. The largest absolute Gasteiger partial charge is 0.0993 e. The van der Waals surface area contributed by atoms with E-state index in [9.17, 15) is 0 Å².